The predicted octanol–water partition coefficient (Wildman–Crippen LogP) is 3.55. The summed E-state index contributed by atoms with van der Waals surface area (Å²) in [5.41, 5.74) is -0.940. The standard InChI is InChI=1S/C28H38N2O7/c1-17(2)7-6-13-27(3,36)23(33)12-14-28(4,37)24(34)16-30-21-15-18(31)10-11-20(21)29-25-19(26(30)35)8-5-9-22(25)32/h5,7-11,15,23-24,29,31-34,36-37H,6,12-14,16H2,1-4H3. The molecule has 3 rings (SSSR count). The number of amides is 1. The zero-order valence-electron chi connectivity index (χ0n) is 21.8. The Labute approximate surface area is 217 Å². The summed E-state index contributed by atoms with van der Waals surface area (Å²) >= 11 is 0. The molecule has 1 heterocycles. The number of rotatable bonds is 10. The third kappa shape index (κ3) is 6.61. The Kier molecular flexibility index (Phi) is 8.54. The van der Waals surface area contributed by atoms with E-state index in [0.29, 0.717) is 18.5 Å². The maximum atomic E-state index is 13.5. The summed E-state index contributed by atoms with van der Waals surface area (Å²) in [4.78, 5) is 14.7. The number of carbonyl (C=O) groups excluding carboxylic acids is 1. The first kappa shape index (κ1) is 28.5. The molecule has 9 heteroatoms. The van der Waals surface area contributed by atoms with Crippen molar-refractivity contribution in [2.75, 3.05) is 16.8 Å². The summed E-state index contributed by atoms with van der Waals surface area (Å²) in [5.74, 6) is -0.780. The molecule has 0 aliphatic carbocycles. The lowest BCUT2D eigenvalue weighted by Crippen LogP contribution is -2.49. The van der Waals surface area contributed by atoms with E-state index in [1.807, 2.05) is 19.9 Å². The van der Waals surface area contributed by atoms with Gasteiger partial charge in [0.25, 0.3) is 5.91 Å². The van der Waals surface area contributed by atoms with Gasteiger partial charge in [-0.1, -0.05) is 17.7 Å². The van der Waals surface area contributed by atoms with Crippen molar-refractivity contribution >= 4 is 23.0 Å². The minimum atomic E-state index is -1.71. The molecule has 0 radical (unpaired) electrons. The highest BCUT2D eigenvalue weighted by molar-refractivity contribution is 6.14. The fourth-order valence-electron chi connectivity index (χ4n) is 4.37. The van der Waals surface area contributed by atoms with Crippen molar-refractivity contribution in [3.63, 3.8) is 0 Å². The lowest BCUT2D eigenvalue weighted by atomic mass is 9.85. The summed E-state index contributed by atoms with van der Waals surface area (Å²) in [7, 11) is 0. The molecule has 1 aliphatic rings. The van der Waals surface area contributed by atoms with E-state index in [2.05, 4.69) is 5.32 Å². The van der Waals surface area contributed by atoms with Gasteiger partial charge in [0.1, 0.15) is 17.6 Å². The number of β-amino-alcohol motifs (C(OH)–C–C–N with tert-alkyl or cyclic N) is 1. The topological polar surface area (TPSA) is 154 Å². The van der Waals surface area contributed by atoms with E-state index in [1.165, 1.54) is 42.2 Å². The monoisotopic (exact) mass is 514 g/mol. The lowest BCUT2D eigenvalue weighted by Gasteiger charge is -2.36. The molecule has 0 bridgehead atoms. The number of aromatic hydroxyl groups is 2. The zero-order valence-corrected chi connectivity index (χ0v) is 21.8. The van der Waals surface area contributed by atoms with Crippen LogP contribution in [0, 0.1) is 0 Å². The highest BCUT2D eigenvalue weighted by Gasteiger charge is 2.38. The number of nitrogens with one attached hydrogen (secondary N) is 1. The Bertz CT molecular complexity index is 1160. The SMILES string of the molecule is CC(C)=CCCC(C)(O)C(O)CCC(C)(O)C(O)CN1C(=O)c2cccc(O)c2Nc2ccc(O)cc21. The molecule has 0 saturated heterocycles. The van der Waals surface area contributed by atoms with E-state index in [0.717, 1.165) is 5.57 Å². The van der Waals surface area contributed by atoms with Crippen LogP contribution in [0.15, 0.2) is 48.0 Å². The molecule has 9 nitrogen and oxygen atoms in total. The van der Waals surface area contributed by atoms with Crippen LogP contribution in [0.2, 0.25) is 0 Å². The molecule has 2 aromatic carbocycles. The van der Waals surface area contributed by atoms with Crippen LogP contribution in [0.4, 0.5) is 17.1 Å². The smallest absolute Gasteiger partial charge is 0.260 e. The van der Waals surface area contributed by atoms with Gasteiger partial charge >= 0.3 is 0 Å². The number of phenolic OH excluding ortho intramolecular Hbond substituents is 2. The number of phenols is 2. The second-order valence-electron chi connectivity index (χ2n) is 10.5. The molecule has 0 spiro atoms. The first-order chi connectivity index (χ1) is 17.2. The van der Waals surface area contributed by atoms with E-state index < -0.39 is 29.3 Å². The van der Waals surface area contributed by atoms with Crippen LogP contribution in [-0.2, 0) is 0 Å². The van der Waals surface area contributed by atoms with Crippen LogP contribution in [0.5, 0.6) is 11.5 Å². The van der Waals surface area contributed by atoms with Crippen molar-refractivity contribution in [1.29, 1.82) is 0 Å². The third-order valence-electron chi connectivity index (χ3n) is 6.97. The molecule has 0 saturated carbocycles. The van der Waals surface area contributed by atoms with Crippen LogP contribution in [0.1, 0.15) is 63.7 Å². The quantitative estimate of drug-likeness (QED) is 0.144. The number of fused-ring (bicyclic) bond motifs is 2. The van der Waals surface area contributed by atoms with Gasteiger partial charge < -0.3 is 40.9 Å². The van der Waals surface area contributed by atoms with E-state index in [1.54, 1.807) is 13.0 Å². The van der Waals surface area contributed by atoms with Crippen LogP contribution in [0.25, 0.3) is 0 Å². The second-order valence-corrected chi connectivity index (χ2v) is 10.5. The predicted molar refractivity (Wildman–Crippen MR) is 142 cm³/mol. The largest absolute Gasteiger partial charge is 0.508 e. The highest BCUT2D eigenvalue weighted by atomic mass is 16.3. The Hall–Kier alpha value is -3.11. The molecule has 1 amide bonds. The molecule has 7 N–H and O–H groups in total. The number of allylic oxidation sites excluding steroid dienone is 2. The van der Waals surface area contributed by atoms with Crippen molar-refractivity contribution in [1.82, 2.24) is 0 Å². The molecule has 202 valence electrons. The van der Waals surface area contributed by atoms with Gasteiger partial charge in [-0.15, -0.1) is 0 Å². The van der Waals surface area contributed by atoms with Gasteiger partial charge in [-0.2, -0.15) is 0 Å². The number of carbonyl (C=O) groups is 1. The Morgan fingerprint density at radius 1 is 1.03 bits per heavy atom. The van der Waals surface area contributed by atoms with Gasteiger partial charge in [-0.05, 0) is 77.6 Å². The van der Waals surface area contributed by atoms with E-state index in [4.69, 9.17) is 0 Å². The zero-order chi connectivity index (χ0) is 27.5. The average Bonchev–Trinajstić information content (AvgIpc) is 2.92. The van der Waals surface area contributed by atoms with Gasteiger partial charge in [-0.3, -0.25) is 4.79 Å². The summed E-state index contributed by atoms with van der Waals surface area (Å²) < 4.78 is 0. The summed E-state index contributed by atoms with van der Waals surface area (Å²) in [6.45, 7) is 6.53. The molecule has 2 aromatic rings. The Morgan fingerprint density at radius 3 is 2.38 bits per heavy atom. The molecular weight excluding hydrogens is 476 g/mol. The van der Waals surface area contributed by atoms with E-state index in [-0.39, 0.29) is 47.8 Å². The van der Waals surface area contributed by atoms with Crippen LogP contribution >= 0.6 is 0 Å². The number of nitrogens with zero attached hydrogens (tertiary/aromatic N) is 1. The number of hydrogen-bond acceptors (Lipinski definition) is 8. The summed E-state index contributed by atoms with van der Waals surface area (Å²) in [6.07, 6.45) is 0.322. The number of aliphatic hydroxyl groups excluding tert-OH is 2. The third-order valence-corrected chi connectivity index (χ3v) is 6.97. The molecule has 0 fully saturated rings. The minimum absolute atomic E-state index is 0.0233. The first-order valence-electron chi connectivity index (χ1n) is 12.4. The molecule has 37 heavy (non-hydrogen) atoms. The Morgan fingerprint density at radius 2 is 1.70 bits per heavy atom. The van der Waals surface area contributed by atoms with Gasteiger partial charge in [0.2, 0.25) is 0 Å². The molecule has 4 atom stereocenters. The maximum Gasteiger partial charge on any atom is 0.260 e. The fourth-order valence-corrected chi connectivity index (χ4v) is 4.37. The van der Waals surface area contributed by atoms with Crippen molar-refractivity contribution in [2.45, 2.75) is 76.8 Å². The normalized spacial score (nSPS) is 17.8. The lowest BCUT2D eigenvalue weighted by molar-refractivity contribution is -0.0980. The van der Waals surface area contributed by atoms with Crippen LogP contribution in [0.3, 0.4) is 0 Å². The van der Waals surface area contributed by atoms with Gasteiger partial charge in [0.05, 0.1) is 46.5 Å². The molecule has 4 unspecified atom stereocenters. The van der Waals surface area contributed by atoms with Crippen molar-refractivity contribution in [2.24, 2.45) is 0 Å². The van der Waals surface area contributed by atoms with Crippen LogP contribution < -0.4 is 10.2 Å². The fraction of sp³-hybridized carbons (Fsp3) is 0.464. The summed E-state index contributed by atoms with van der Waals surface area (Å²) in [5, 5.41) is 66.8. The number of hydrogen-bond donors (Lipinski definition) is 7. The van der Waals surface area contributed by atoms with Gasteiger partial charge in [-0.25, -0.2) is 0 Å². The summed E-state index contributed by atoms with van der Waals surface area (Å²) in [6, 6.07) is 8.83. The van der Waals surface area contributed by atoms with Crippen LogP contribution in [-0.4, -0.2) is 66.5 Å². The molecule has 0 aromatic heterocycles. The first-order valence-corrected chi connectivity index (χ1v) is 12.4. The van der Waals surface area contributed by atoms with E-state index in [9.17, 15) is 35.4 Å². The number of benzene rings is 2. The Balaban J connectivity index is 1.79. The van der Waals surface area contributed by atoms with Gasteiger partial charge in [0.15, 0.2) is 0 Å². The van der Waals surface area contributed by atoms with E-state index >= 15 is 0 Å². The molecular formula is C28H38N2O7. The van der Waals surface area contributed by atoms with Crippen molar-refractivity contribution in [3.8, 4) is 11.5 Å². The minimum Gasteiger partial charge on any atom is -0.508 e. The maximum absolute atomic E-state index is 13.5. The van der Waals surface area contributed by atoms with Crippen molar-refractivity contribution < 1.29 is 35.4 Å². The second kappa shape index (κ2) is 11.1. The van der Waals surface area contributed by atoms with Gasteiger partial charge in [0, 0.05) is 6.07 Å². The number of aliphatic hydroxyl groups is 4. The number of para-hydroxylation sites is 1. The van der Waals surface area contributed by atoms with Crippen molar-refractivity contribution in [3.05, 3.63) is 53.6 Å². The average molecular weight is 515 g/mol. The molecule has 1 aliphatic heterocycles. The number of anilines is 3. The highest BCUT2D eigenvalue weighted by Crippen LogP contribution is 2.41.